The third-order valence-electron chi connectivity index (χ3n) is 2.60. The summed E-state index contributed by atoms with van der Waals surface area (Å²) in [6.45, 7) is 7.41. The maximum Gasteiger partial charge on any atom is 0.188 e. The summed E-state index contributed by atoms with van der Waals surface area (Å²) in [6.07, 6.45) is 3.41. The van der Waals surface area contributed by atoms with Gasteiger partial charge in [0.2, 0.25) is 0 Å². The largest absolute Gasteiger partial charge is 0.377 e. The number of nitrogens with two attached hydrogens (primary N) is 1. The number of rotatable bonds is 10. The van der Waals surface area contributed by atoms with Crippen molar-refractivity contribution in [2.24, 2.45) is 10.7 Å². The molecular weight excluding hydrogens is 355 g/mol. The SMILES string of the molecule is CCCCNC(N)=NCC(CCN(C)C)OCC.I. The predicted octanol–water partition coefficient (Wildman–Crippen LogP) is 1.67. The van der Waals surface area contributed by atoms with Crippen LogP contribution in [0.15, 0.2) is 4.99 Å². The van der Waals surface area contributed by atoms with Crippen molar-refractivity contribution in [2.75, 3.05) is 40.3 Å². The molecule has 0 aliphatic rings. The molecule has 0 aliphatic carbocycles. The van der Waals surface area contributed by atoms with Gasteiger partial charge in [-0.25, -0.2) is 0 Å². The summed E-state index contributed by atoms with van der Waals surface area (Å²) in [5.74, 6) is 0.526. The highest BCUT2D eigenvalue weighted by molar-refractivity contribution is 14.0. The molecule has 0 amide bonds. The van der Waals surface area contributed by atoms with Crippen LogP contribution in [0.4, 0.5) is 0 Å². The molecular formula is C13H31IN4O. The van der Waals surface area contributed by atoms with Crippen LogP contribution < -0.4 is 11.1 Å². The summed E-state index contributed by atoms with van der Waals surface area (Å²) >= 11 is 0. The Bertz CT molecular complexity index is 225. The van der Waals surface area contributed by atoms with Gasteiger partial charge in [-0.05, 0) is 33.9 Å². The zero-order valence-electron chi connectivity index (χ0n) is 12.8. The minimum atomic E-state index is 0. The van der Waals surface area contributed by atoms with Gasteiger partial charge in [-0.3, -0.25) is 4.99 Å². The fourth-order valence-corrected chi connectivity index (χ4v) is 1.51. The maximum atomic E-state index is 5.79. The first kappa shape index (κ1) is 21.2. The summed E-state index contributed by atoms with van der Waals surface area (Å²) < 4.78 is 5.65. The number of hydrogen-bond acceptors (Lipinski definition) is 3. The molecule has 0 aromatic carbocycles. The van der Waals surface area contributed by atoms with Gasteiger partial charge in [0.05, 0.1) is 12.6 Å². The monoisotopic (exact) mass is 386 g/mol. The van der Waals surface area contributed by atoms with Gasteiger partial charge in [0.1, 0.15) is 0 Å². The highest BCUT2D eigenvalue weighted by Crippen LogP contribution is 2.00. The van der Waals surface area contributed by atoms with Gasteiger partial charge in [-0.15, -0.1) is 24.0 Å². The molecule has 0 rings (SSSR count). The molecule has 0 radical (unpaired) electrons. The van der Waals surface area contributed by atoms with E-state index in [9.17, 15) is 0 Å². The van der Waals surface area contributed by atoms with Crippen LogP contribution in [0.2, 0.25) is 0 Å². The quantitative estimate of drug-likeness (QED) is 0.260. The van der Waals surface area contributed by atoms with Gasteiger partial charge in [0.25, 0.3) is 0 Å². The lowest BCUT2D eigenvalue weighted by Gasteiger charge is -2.18. The Morgan fingerprint density at radius 1 is 1.37 bits per heavy atom. The Hall–Kier alpha value is -0.0800. The smallest absolute Gasteiger partial charge is 0.188 e. The molecule has 3 N–H and O–H groups in total. The van der Waals surface area contributed by atoms with Crippen LogP contribution in [0, 0.1) is 0 Å². The van der Waals surface area contributed by atoms with Crippen LogP contribution in [-0.2, 0) is 4.74 Å². The Morgan fingerprint density at radius 3 is 2.58 bits per heavy atom. The van der Waals surface area contributed by atoms with Gasteiger partial charge in [-0.2, -0.15) is 0 Å². The molecule has 1 unspecified atom stereocenters. The molecule has 0 saturated carbocycles. The minimum absolute atomic E-state index is 0. The Kier molecular flexibility index (Phi) is 16.0. The predicted molar refractivity (Wildman–Crippen MR) is 93.4 cm³/mol. The second-order valence-electron chi connectivity index (χ2n) is 4.68. The van der Waals surface area contributed by atoms with Crippen LogP contribution in [-0.4, -0.2) is 57.3 Å². The number of nitrogens with one attached hydrogen (secondary N) is 1. The maximum absolute atomic E-state index is 5.79. The van der Waals surface area contributed by atoms with E-state index < -0.39 is 0 Å². The number of hydrogen-bond donors (Lipinski definition) is 2. The molecule has 0 spiro atoms. The molecule has 19 heavy (non-hydrogen) atoms. The van der Waals surface area contributed by atoms with Crippen LogP contribution in [0.5, 0.6) is 0 Å². The van der Waals surface area contributed by atoms with E-state index in [1.54, 1.807) is 0 Å². The summed E-state index contributed by atoms with van der Waals surface area (Å²) in [5, 5.41) is 3.11. The van der Waals surface area contributed by atoms with E-state index in [-0.39, 0.29) is 30.1 Å². The third-order valence-corrected chi connectivity index (χ3v) is 2.60. The van der Waals surface area contributed by atoms with Crippen LogP contribution in [0.3, 0.4) is 0 Å². The molecule has 0 fully saturated rings. The first-order valence-electron chi connectivity index (χ1n) is 6.90. The second-order valence-corrected chi connectivity index (χ2v) is 4.68. The molecule has 1 atom stereocenters. The molecule has 0 aromatic heterocycles. The number of halogens is 1. The lowest BCUT2D eigenvalue weighted by atomic mass is 10.2. The van der Waals surface area contributed by atoms with Crippen molar-refractivity contribution in [3.8, 4) is 0 Å². The average molecular weight is 386 g/mol. The first-order valence-corrected chi connectivity index (χ1v) is 6.90. The molecule has 6 heteroatoms. The van der Waals surface area contributed by atoms with E-state index in [0.717, 1.165) is 39.0 Å². The lowest BCUT2D eigenvalue weighted by molar-refractivity contribution is 0.0582. The van der Waals surface area contributed by atoms with Crippen molar-refractivity contribution in [2.45, 2.75) is 39.2 Å². The normalized spacial score (nSPS) is 13.2. The summed E-state index contributed by atoms with van der Waals surface area (Å²) in [7, 11) is 4.12. The highest BCUT2D eigenvalue weighted by Gasteiger charge is 2.08. The van der Waals surface area contributed by atoms with Gasteiger partial charge in [0.15, 0.2) is 5.96 Å². The van der Waals surface area contributed by atoms with Crippen molar-refractivity contribution in [1.29, 1.82) is 0 Å². The van der Waals surface area contributed by atoms with Gasteiger partial charge in [0, 0.05) is 19.7 Å². The van der Waals surface area contributed by atoms with Gasteiger partial charge in [-0.1, -0.05) is 13.3 Å². The summed E-state index contributed by atoms with van der Waals surface area (Å²) in [5.41, 5.74) is 5.79. The average Bonchev–Trinajstić information content (AvgIpc) is 2.33. The van der Waals surface area contributed by atoms with E-state index in [2.05, 4.69) is 36.2 Å². The summed E-state index contributed by atoms with van der Waals surface area (Å²) in [6, 6.07) is 0. The highest BCUT2D eigenvalue weighted by atomic mass is 127. The second kappa shape index (κ2) is 14.3. The Morgan fingerprint density at radius 2 is 2.05 bits per heavy atom. The van der Waals surface area contributed by atoms with E-state index in [1.807, 2.05) is 6.92 Å². The summed E-state index contributed by atoms with van der Waals surface area (Å²) in [4.78, 5) is 6.48. The lowest BCUT2D eigenvalue weighted by Crippen LogP contribution is -2.34. The van der Waals surface area contributed by atoms with Crippen LogP contribution >= 0.6 is 24.0 Å². The molecule has 0 aromatic rings. The van der Waals surface area contributed by atoms with Crippen molar-refractivity contribution < 1.29 is 4.74 Å². The number of guanidine groups is 1. The van der Waals surface area contributed by atoms with Gasteiger partial charge >= 0.3 is 0 Å². The van der Waals surface area contributed by atoms with E-state index in [0.29, 0.717) is 12.5 Å². The van der Waals surface area contributed by atoms with Crippen molar-refractivity contribution >= 4 is 29.9 Å². The molecule has 0 bridgehead atoms. The standard InChI is InChI=1S/C13H30N4O.HI/c1-5-7-9-15-13(14)16-11-12(18-6-2)8-10-17(3)4;/h12H,5-11H2,1-4H3,(H3,14,15,16);1H. The van der Waals surface area contributed by atoms with Crippen molar-refractivity contribution in [3.63, 3.8) is 0 Å². The van der Waals surface area contributed by atoms with Crippen molar-refractivity contribution in [1.82, 2.24) is 10.2 Å². The zero-order valence-corrected chi connectivity index (χ0v) is 15.1. The molecule has 0 aliphatic heterocycles. The number of aliphatic imine (C=N–C) groups is 1. The van der Waals surface area contributed by atoms with Crippen LogP contribution in [0.1, 0.15) is 33.1 Å². The van der Waals surface area contributed by atoms with Crippen LogP contribution in [0.25, 0.3) is 0 Å². The Labute approximate surface area is 135 Å². The number of ether oxygens (including phenoxy) is 1. The zero-order chi connectivity index (χ0) is 13.8. The van der Waals surface area contributed by atoms with Gasteiger partial charge < -0.3 is 20.7 Å². The third kappa shape index (κ3) is 14.1. The fourth-order valence-electron chi connectivity index (χ4n) is 1.51. The molecule has 116 valence electrons. The fraction of sp³-hybridized carbons (Fsp3) is 0.923. The Balaban J connectivity index is 0. The molecule has 0 saturated heterocycles. The number of nitrogens with zero attached hydrogens (tertiary/aromatic N) is 2. The first-order chi connectivity index (χ1) is 8.60. The molecule has 5 nitrogen and oxygen atoms in total. The van der Waals surface area contributed by atoms with E-state index >= 15 is 0 Å². The van der Waals surface area contributed by atoms with E-state index in [4.69, 9.17) is 10.5 Å². The number of unbranched alkanes of at least 4 members (excludes halogenated alkanes) is 1. The topological polar surface area (TPSA) is 62.9 Å². The van der Waals surface area contributed by atoms with E-state index in [1.165, 1.54) is 0 Å². The molecule has 0 heterocycles. The van der Waals surface area contributed by atoms with Crippen molar-refractivity contribution in [3.05, 3.63) is 0 Å². The minimum Gasteiger partial charge on any atom is -0.377 e.